The summed E-state index contributed by atoms with van der Waals surface area (Å²) in [4.78, 5) is 32.8. The van der Waals surface area contributed by atoms with Crippen LogP contribution >= 0.6 is 0 Å². The fraction of sp³-hybridized carbons (Fsp3) is 0.240. The van der Waals surface area contributed by atoms with Gasteiger partial charge in [-0.05, 0) is 54.8 Å². The number of carbonyl (C=O) groups excluding carboxylic acids is 1. The van der Waals surface area contributed by atoms with Crippen molar-refractivity contribution in [2.75, 3.05) is 13.1 Å². The summed E-state index contributed by atoms with van der Waals surface area (Å²) in [5.74, 6) is -0.362. The molecule has 1 saturated heterocycles. The van der Waals surface area contributed by atoms with Crippen molar-refractivity contribution in [2.45, 2.75) is 25.4 Å². The molecule has 4 aromatic rings. The normalized spacial score (nSPS) is 16.4. The number of piperidine rings is 1. The Morgan fingerprint density at radius 3 is 2.72 bits per heavy atom. The molecule has 1 fully saturated rings. The largest absolute Gasteiger partial charge is 0.337 e. The number of benzene rings is 2. The maximum absolute atomic E-state index is 13.7. The van der Waals surface area contributed by atoms with Crippen LogP contribution in [0.4, 0.5) is 4.39 Å². The van der Waals surface area contributed by atoms with Crippen molar-refractivity contribution in [1.82, 2.24) is 19.0 Å². The second-order valence-corrected chi connectivity index (χ2v) is 8.13. The summed E-state index contributed by atoms with van der Waals surface area (Å²) in [6, 6.07) is 18.9. The van der Waals surface area contributed by atoms with Crippen molar-refractivity contribution in [1.29, 1.82) is 0 Å². The van der Waals surface area contributed by atoms with Crippen LogP contribution in [-0.2, 0) is 6.54 Å². The Hall–Kier alpha value is -3.74. The van der Waals surface area contributed by atoms with Gasteiger partial charge in [0.1, 0.15) is 5.82 Å². The number of rotatable bonds is 4. The van der Waals surface area contributed by atoms with Gasteiger partial charge in [-0.1, -0.05) is 30.3 Å². The zero-order chi connectivity index (χ0) is 22.1. The highest BCUT2D eigenvalue weighted by Gasteiger charge is 2.29. The second-order valence-electron chi connectivity index (χ2n) is 8.13. The lowest BCUT2D eigenvalue weighted by molar-refractivity contribution is 0.0679. The van der Waals surface area contributed by atoms with E-state index < -0.39 is 0 Å². The van der Waals surface area contributed by atoms with E-state index in [-0.39, 0.29) is 30.0 Å². The van der Waals surface area contributed by atoms with E-state index in [1.807, 2.05) is 41.3 Å². The monoisotopic (exact) mass is 430 g/mol. The van der Waals surface area contributed by atoms with Gasteiger partial charge in [0.2, 0.25) is 0 Å². The maximum Gasteiger partial charge on any atom is 0.330 e. The lowest BCUT2D eigenvalue weighted by atomic mass is 10.0. The molecule has 0 aliphatic carbocycles. The van der Waals surface area contributed by atoms with Crippen molar-refractivity contribution >= 4 is 17.1 Å². The number of likely N-dealkylation sites (tertiary alicyclic amines) is 1. The van der Waals surface area contributed by atoms with E-state index >= 15 is 0 Å². The molecule has 2 aromatic heterocycles. The van der Waals surface area contributed by atoms with Crippen LogP contribution in [0.2, 0.25) is 0 Å². The maximum atomic E-state index is 13.7. The lowest BCUT2D eigenvalue weighted by Gasteiger charge is -2.33. The van der Waals surface area contributed by atoms with Crippen LogP contribution in [0.1, 0.15) is 34.8 Å². The second kappa shape index (κ2) is 8.42. The highest BCUT2D eigenvalue weighted by Crippen LogP contribution is 2.25. The van der Waals surface area contributed by atoms with Gasteiger partial charge in [-0.15, -0.1) is 0 Å². The standard InChI is InChI=1S/C25H23FN4O2/c26-20-10-4-7-18(15-20)16-29-22-12-5-13-27-23(22)30(25(29)32)21-11-6-14-28(17-21)24(31)19-8-2-1-3-9-19/h1-5,7-10,12-13,15,21H,6,11,14,16-17H2/t21-/m0/s1. The van der Waals surface area contributed by atoms with Gasteiger partial charge < -0.3 is 4.90 Å². The van der Waals surface area contributed by atoms with Gasteiger partial charge in [0, 0.05) is 24.8 Å². The number of imidazole rings is 1. The van der Waals surface area contributed by atoms with Crippen LogP contribution in [0.25, 0.3) is 11.2 Å². The van der Waals surface area contributed by atoms with E-state index in [4.69, 9.17) is 0 Å². The first-order chi connectivity index (χ1) is 15.6. The lowest BCUT2D eigenvalue weighted by Crippen LogP contribution is -2.43. The zero-order valence-electron chi connectivity index (χ0n) is 17.5. The topological polar surface area (TPSA) is 60.1 Å². The summed E-state index contributed by atoms with van der Waals surface area (Å²) in [7, 11) is 0. The van der Waals surface area contributed by atoms with Crippen molar-refractivity contribution in [3.63, 3.8) is 0 Å². The first-order valence-corrected chi connectivity index (χ1v) is 10.8. The number of fused-ring (bicyclic) bond motifs is 1. The Morgan fingerprint density at radius 1 is 1.06 bits per heavy atom. The summed E-state index contributed by atoms with van der Waals surface area (Å²) in [6.07, 6.45) is 3.26. The summed E-state index contributed by atoms with van der Waals surface area (Å²) < 4.78 is 17.0. The Labute approximate surface area is 184 Å². The third-order valence-corrected chi connectivity index (χ3v) is 6.02. The van der Waals surface area contributed by atoms with Crippen LogP contribution in [0.5, 0.6) is 0 Å². The Morgan fingerprint density at radius 2 is 1.91 bits per heavy atom. The van der Waals surface area contributed by atoms with E-state index in [0.29, 0.717) is 35.4 Å². The minimum absolute atomic E-state index is 0.0280. The summed E-state index contributed by atoms with van der Waals surface area (Å²) in [6.45, 7) is 1.36. The number of halogens is 1. The van der Waals surface area contributed by atoms with Gasteiger partial charge in [-0.3, -0.25) is 13.9 Å². The highest BCUT2D eigenvalue weighted by molar-refractivity contribution is 5.94. The molecule has 1 amide bonds. The zero-order valence-corrected chi connectivity index (χ0v) is 17.5. The number of hydrogen-bond donors (Lipinski definition) is 0. The number of carbonyl (C=O) groups is 1. The molecule has 0 spiro atoms. The predicted octanol–water partition coefficient (Wildman–Crippen LogP) is 3.86. The predicted molar refractivity (Wildman–Crippen MR) is 120 cm³/mol. The number of nitrogens with zero attached hydrogens (tertiary/aromatic N) is 4. The number of pyridine rings is 1. The molecular weight excluding hydrogens is 407 g/mol. The van der Waals surface area contributed by atoms with Crippen molar-refractivity contribution in [2.24, 2.45) is 0 Å². The molecule has 0 saturated carbocycles. The molecule has 162 valence electrons. The van der Waals surface area contributed by atoms with Gasteiger partial charge in [0.05, 0.1) is 18.1 Å². The molecule has 0 N–H and O–H groups in total. The molecule has 6 nitrogen and oxygen atoms in total. The Kier molecular flexibility index (Phi) is 5.31. The first-order valence-electron chi connectivity index (χ1n) is 10.8. The van der Waals surface area contributed by atoms with Crippen LogP contribution in [-0.4, -0.2) is 38.0 Å². The summed E-state index contributed by atoms with van der Waals surface area (Å²) in [5, 5.41) is 0. The van der Waals surface area contributed by atoms with Gasteiger partial charge in [-0.2, -0.15) is 0 Å². The van der Waals surface area contributed by atoms with E-state index in [1.54, 1.807) is 33.5 Å². The van der Waals surface area contributed by atoms with Gasteiger partial charge in [-0.25, -0.2) is 14.2 Å². The third-order valence-electron chi connectivity index (χ3n) is 6.02. The number of hydrogen-bond acceptors (Lipinski definition) is 3. The van der Waals surface area contributed by atoms with E-state index in [2.05, 4.69) is 4.98 Å². The molecule has 0 unspecified atom stereocenters. The molecule has 7 heteroatoms. The van der Waals surface area contributed by atoms with Crippen LogP contribution in [0.3, 0.4) is 0 Å². The summed E-state index contributed by atoms with van der Waals surface area (Å²) in [5.41, 5.74) is 2.45. The Bertz CT molecular complexity index is 1330. The molecule has 2 aromatic carbocycles. The average Bonchev–Trinajstić information content (AvgIpc) is 3.10. The summed E-state index contributed by atoms with van der Waals surface area (Å²) >= 11 is 0. The smallest absolute Gasteiger partial charge is 0.330 e. The highest BCUT2D eigenvalue weighted by atomic mass is 19.1. The van der Waals surface area contributed by atoms with Crippen molar-refractivity contribution in [3.8, 4) is 0 Å². The van der Waals surface area contributed by atoms with Crippen LogP contribution in [0.15, 0.2) is 77.7 Å². The molecule has 1 aliphatic rings. The quantitative estimate of drug-likeness (QED) is 0.494. The van der Waals surface area contributed by atoms with E-state index in [0.717, 1.165) is 12.8 Å². The van der Waals surface area contributed by atoms with Crippen LogP contribution in [0, 0.1) is 5.82 Å². The molecular formula is C25H23FN4O2. The minimum Gasteiger partial charge on any atom is -0.337 e. The molecule has 0 radical (unpaired) electrons. The van der Waals surface area contributed by atoms with Gasteiger partial charge in [0.25, 0.3) is 5.91 Å². The number of amides is 1. The van der Waals surface area contributed by atoms with Crippen LogP contribution < -0.4 is 5.69 Å². The van der Waals surface area contributed by atoms with Crippen molar-refractivity contribution in [3.05, 3.63) is 100 Å². The van der Waals surface area contributed by atoms with E-state index in [1.165, 1.54) is 12.1 Å². The minimum atomic E-state index is -0.334. The first kappa shape index (κ1) is 20.2. The van der Waals surface area contributed by atoms with Gasteiger partial charge >= 0.3 is 5.69 Å². The molecule has 32 heavy (non-hydrogen) atoms. The van der Waals surface area contributed by atoms with Gasteiger partial charge in [0.15, 0.2) is 5.65 Å². The SMILES string of the molecule is O=C(c1ccccc1)N1CCC[C@H](n2c(=O)n(Cc3cccc(F)c3)c3cccnc32)C1. The molecule has 3 heterocycles. The molecule has 5 rings (SSSR count). The number of aromatic nitrogens is 3. The fourth-order valence-corrected chi connectivity index (χ4v) is 4.52. The molecule has 0 bridgehead atoms. The van der Waals surface area contributed by atoms with E-state index in [9.17, 15) is 14.0 Å². The Balaban J connectivity index is 1.51. The molecule has 1 atom stereocenters. The average molecular weight is 430 g/mol. The fourth-order valence-electron chi connectivity index (χ4n) is 4.52. The third kappa shape index (κ3) is 3.70. The molecule has 1 aliphatic heterocycles. The van der Waals surface area contributed by atoms with Crippen molar-refractivity contribution < 1.29 is 9.18 Å².